The van der Waals surface area contributed by atoms with Crippen molar-refractivity contribution in [1.29, 1.82) is 0 Å². The molecule has 0 bridgehead atoms. The number of aromatic amines is 1. The fourth-order valence-electron chi connectivity index (χ4n) is 3.21. The van der Waals surface area contributed by atoms with Crippen molar-refractivity contribution in [2.45, 2.75) is 18.9 Å². The Morgan fingerprint density at radius 2 is 1.86 bits per heavy atom. The fraction of sp³-hybridized carbons (Fsp3) is 0.273. The van der Waals surface area contributed by atoms with Crippen LogP contribution in [0.15, 0.2) is 59.4 Å². The third-order valence-corrected chi connectivity index (χ3v) is 5.07. The molecule has 1 aromatic heterocycles. The van der Waals surface area contributed by atoms with Gasteiger partial charge in [-0.15, -0.1) is 0 Å². The first kappa shape index (κ1) is 20.1. The molecule has 2 N–H and O–H groups in total. The van der Waals surface area contributed by atoms with Gasteiger partial charge >= 0.3 is 0 Å². The van der Waals surface area contributed by atoms with E-state index in [1.165, 1.54) is 0 Å². The monoisotopic (exact) mass is 397 g/mol. The predicted molar refractivity (Wildman–Crippen MR) is 114 cm³/mol. The molecule has 0 radical (unpaired) electrons. The minimum atomic E-state index is -0.140. The fourth-order valence-corrected chi connectivity index (χ4v) is 3.33. The molecule has 0 aliphatic heterocycles. The molecule has 0 fully saturated rings. The molecule has 1 heterocycles. The number of para-hydroxylation sites is 1. The van der Waals surface area contributed by atoms with Crippen LogP contribution < -0.4 is 10.9 Å². The Hall–Kier alpha value is -2.63. The summed E-state index contributed by atoms with van der Waals surface area (Å²) in [6, 6.07) is 17.2. The number of hydrogen-bond donors (Lipinski definition) is 2. The van der Waals surface area contributed by atoms with Crippen LogP contribution in [0.5, 0.6) is 0 Å². The van der Waals surface area contributed by atoms with Crippen LogP contribution in [0.3, 0.4) is 0 Å². The van der Waals surface area contributed by atoms with Gasteiger partial charge in [-0.05, 0) is 55.7 Å². The molecular weight excluding hydrogens is 374 g/mol. The highest BCUT2D eigenvalue weighted by Gasteiger charge is 2.15. The first-order valence-corrected chi connectivity index (χ1v) is 9.61. The number of pyridine rings is 1. The van der Waals surface area contributed by atoms with E-state index < -0.39 is 0 Å². The molecule has 6 heteroatoms. The van der Waals surface area contributed by atoms with E-state index in [9.17, 15) is 9.59 Å². The van der Waals surface area contributed by atoms with Gasteiger partial charge in [-0.3, -0.25) is 9.59 Å². The van der Waals surface area contributed by atoms with E-state index in [-0.39, 0.29) is 23.9 Å². The number of fused-ring (bicyclic) bond motifs is 1. The molecule has 28 heavy (non-hydrogen) atoms. The molecule has 0 spiro atoms. The molecule has 3 aromatic rings. The van der Waals surface area contributed by atoms with E-state index >= 15 is 0 Å². The number of H-pyrrole nitrogens is 1. The third-order valence-electron chi connectivity index (χ3n) is 4.82. The lowest BCUT2D eigenvalue weighted by Gasteiger charge is -2.25. The van der Waals surface area contributed by atoms with Crippen molar-refractivity contribution >= 4 is 28.4 Å². The summed E-state index contributed by atoms with van der Waals surface area (Å²) in [4.78, 5) is 29.5. The van der Waals surface area contributed by atoms with Crippen LogP contribution in [0.2, 0.25) is 5.02 Å². The second kappa shape index (κ2) is 9.04. The van der Waals surface area contributed by atoms with Crippen LogP contribution in [-0.4, -0.2) is 36.4 Å². The molecule has 146 valence electrons. The van der Waals surface area contributed by atoms with Gasteiger partial charge in [0.05, 0.1) is 6.04 Å². The highest BCUT2D eigenvalue weighted by atomic mass is 35.5. The van der Waals surface area contributed by atoms with Crippen LogP contribution in [0.1, 0.15) is 23.6 Å². The van der Waals surface area contributed by atoms with Gasteiger partial charge in [-0.1, -0.05) is 41.9 Å². The summed E-state index contributed by atoms with van der Waals surface area (Å²) in [6.45, 7) is 0.488. The minimum absolute atomic E-state index is 0.0466. The Morgan fingerprint density at radius 3 is 2.57 bits per heavy atom. The average Bonchev–Trinajstić information content (AvgIpc) is 2.67. The zero-order valence-corrected chi connectivity index (χ0v) is 16.8. The maximum Gasteiger partial charge on any atom is 0.251 e. The third kappa shape index (κ3) is 5.00. The molecule has 3 rings (SSSR count). The van der Waals surface area contributed by atoms with Gasteiger partial charge in [0.25, 0.3) is 5.56 Å². The molecule has 5 nitrogen and oxygen atoms in total. The van der Waals surface area contributed by atoms with Gasteiger partial charge in [0.2, 0.25) is 5.91 Å². The number of amides is 1. The maximum atomic E-state index is 12.3. The van der Waals surface area contributed by atoms with Crippen LogP contribution in [0.4, 0.5) is 0 Å². The van der Waals surface area contributed by atoms with Crippen LogP contribution in [0.25, 0.3) is 10.9 Å². The molecule has 0 aliphatic rings. The van der Waals surface area contributed by atoms with Crippen molar-refractivity contribution in [3.05, 3.63) is 81.1 Å². The van der Waals surface area contributed by atoms with E-state index in [0.29, 0.717) is 23.6 Å². The van der Waals surface area contributed by atoms with E-state index in [2.05, 4.69) is 15.2 Å². The Balaban J connectivity index is 1.60. The smallest absolute Gasteiger partial charge is 0.251 e. The summed E-state index contributed by atoms with van der Waals surface area (Å²) < 4.78 is 0. The summed E-state index contributed by atoms with van der Waals surface area (Å²) in [6.07, 6.45) is 0.668. The van der Waals surface area contributed by atoms with Crippen molar-refractivity contribution in [2.75, 3.05) is 20.6 Å². The second-order valence-electron chi connectivity index (χ2n) is 7.05. The molecule has 0 aliphatic carbocycles. The maximum absolute atomic E-state index is 12.3. The first-order chi connectivity index (χ1) is 13.4. The number of likely N-dealkylation sites (N-methyl/N-ethyl adjacent to an activating group) is 1. The predicted octanol–water partition coefficient (Wildman–Crippen LogP) is 3.53. The lowest BCUT2D eigenvalue weighted by molar-refractivity contribution is -0.121. The van der Waals surface area contributed by atoms with E-state index in [1.807, 2.05) is 68.7 Å². The molecule has 1 unspecified atom stereocenters. The zero-order chi connectivity index (χ0) is 20.1. The number of hydrogen-bond acceptors (Lipinski definition) is 3. The van der Waals surface area contributed by atoms with Gasteiger partial charge < -0.3 is 15.2 Å². The van der Waals surface area contributed by atoms with Gasteiger partial charge in [0.1, 0.15) is 0 Å². The SMILES string of the molecule is CN(C)C(CNC(=O)CCc1cc2ccccc2[nH]c1=O)c1ccc(Cl)cc1. The lowest BCUT2D eigenvalue weighted by Crippen LogP contribution is -2.34. The Labute approximate surface area is 169 Å². The van der Waals surface area contributed by atoms with Crippen molar-refractivity contribution in [2.24, 2.45) is 0 Å². The molecule has 1 amide bonds. The van der Waals surface area contributed by atoms with Crippen LogP contribution in [-0.2, 0) is 11.2 Å². The highest BCUT2D eigenvalue weighted by Crippen LogP contribution is 2.20. The minimum Gasteiger partial charge on any atom is -0.354 e. The zero-order valence-electron chi connectivity index (χ0n) is 16.0. The van der Waals surface area contributed by atoms with Crippen molar-refractivity contribution < 1.29 is 4.79 Å². The largest absolute Gasteiger partial charge is 0.354 e. The topological polar surface area (TPSA) is 65.2 Å². The Morgan fingerprint density at radius 1 is 1.14 bits per heavy atom. The first-order valence-electron chi connectivity index (χ1n) is 9.23. The van der Waals surface area contributed by atoms with Gasteiger partial charge in [0.15, 0.2) is 0 Å². The van der Waals surface area contributed by atoms with Gasteiger partial charge in [-0.25, -0.2) is 0 Å². The Kier molecular flexibility index (Phi) is 6.49. The number of nitrogens with zero attached hydrogens (tertiary/aromatic N) is 1. The number of rotatable bonds is 7. The lowest BCUT2D eigenvalue weighted by atomic mass is 10.1. The van der Waals surface area contributed by atoms with Crippen molar-refractivity contribution in [1.82, 2.24) is 15.2 Å². The summed E-state index contributed by atoms with van der Waals surface area (Å²) >= 11 is 5.96. The van der Waals surface area contributed by atoms with Crippen molar-refractivity contribution in [3.8, 4) is 0 Å². The average molecular weight is 398 g/mol. The van der Waals surface area contributed by atoms with E-state index in [0.717, 1.165) is 16.5 Å². The quantitative estimate of drug-likeness (QED) is 0.641. The van der Waals surface area contributed by atoms with Crippen LogP contribution in [0, 0.1) is 0 Å². The van der Waals surface area contributed by atoms with Gasteiger partial charge in [-0.2, -0.15) is 0 Å². The molecular formula is C22H24ClN3O2. The number of nitrogens with one attached hydrogen (secondary N) is 2. The highest BCUT2D eigenvalue weighted by molar-refractivity contribution is 6.30. The van der Waals surface area contributed by atoms with E-state index in [1.54, 1.807) is 0 Å². The number of carbonyl (C=O) groups excluding carboxylic acids is 1. The van der Waals surface area contributed by atoms with Crippen LogP contribution >= 0.6 is 11.6 Å². The number of aryl methyl sites for hydroxylation is 1. The molecule has 0 saturated heterocycles. The Bertz CT molecular complexity index is 1010. The molecule has 1 atom stereocenters. The summed E-state index contributed by atoms with van der Waals surface area (Å²) in [5.74, 6) is -0.0756. The summed E-state index contributed by atoms with van der Waals surface area (Å²) in [7, 11) is 3.94. The molecule has 2 aromatic carbocycles. The second-order valence-corrected chi connectivity index (χ2v) is 7.48. The summed E-state index contributed by atoms with van der Waals surface area (Å²) in [5, 5.41) is 4.63. The summed E-state index contributed by atoms with van der Waals surface area (Å²) in [5.41, 5.74) is 2.37. The van der Waals surface area contributed by atoms with Gasteiger partial charge in [0, 0.05) is 29.1 Å². The van der Waals surface area contributed by atoms with E-state index in [4.69, 9.17) is 11.6 Å². The standard InChI is InChI=1S/C22H24ClN3O2/c1-26(2)20(15-7-10-18(23)11-8-15)14-24-21(27)12-9-17-13-16-5-3-4-6-19(16)25-22(17)28/h3-8,10-11,13,20H,9,12,14H2,1-2H3,(H,24,27)(H,25,28). The van der Waals surface area contributed by atoms with Crippen molar-refractivity contribution in [3.63, 3.8) is 0 Å². The number of aromatic nitrogens is 1. The number of halogens is 1. The number of benzene rings is 2. The molecule has 0 saturated carbocycles. The number of carbonyl (C=O) groups is 1. The normalized spacial score (nSPS) is 12.3.